The number of nitrogens with zero attached hydrogens (tertiary/aromatic N) is 5. The molecule has 0 bridgehead atoms. The van der Waals surface area contributed by atoms with Crippen LogP contribution in [0.25, 0.3) is 0 Å². The first-order valence-corrected chi connectivity index (χ1v) is 9.38. The number of benzene rings is 1. The van der Waals surface area contributed by atoms with Crippen molar-refractivity contribution in [2.24, 2.45) is 0 Å². The fourth-order valence-corrected chi connectivity index (χ4v) is 2.51. The predicted molar refractivity (Wildman–Crippen MR) is 103 cm³/mol. The van der Waals surface area contributed by atoms with E-state index >= 15 is 0 Å². The number of nitro benzene ring substituents is 1. The number of rotatable bonds is 9. The largest absolute Gasteiger partial charge is 0.465 e. The van der Waals surface area contributed by atoms with Gasteiger partial charge in [0.05, 0.1) is 34.2 Å². The first-order valence-electron chi connectivity index (χ1n) is 8.16. The number of nitrogens with one attached hydrogen (secondary N) is 1. The summed E-state index contributed by atoms with van der Waals surface area (Å²) in [6, 6.07) is 4.94. The van der Waals surface area contributed by atoms with Gasteiger partial charge in [0.25, 0.3) is 5.69 Å². The van der Waals surface area contributed by atoms with Crippen molar-refractivity contribution in [1.82, 2.24) is 9.97 Å². The van der Waals surface area contributed by atoms with E-state index in [4.69, 9.17) is 14.7 Å². The highest BCUT2D eigenvalue weighted by atomic mass is 32.2. The number of thioether (sulfide) groups is 1. The van der Waals surface area contributed by atoms with E-state index in [2.05, 4.69) is 15.3 Å². The van der Waals surface area contributed by atoms with E-state index in [0.717, 1.165) is 23.9 Å². The van der Waals surface area contributed by atoms with Gasteiger partial charge in [-0.2, -0.15) is 15.2 Å². The molecular formula is C16H14N6O7S. The van der Waals surface area contributed by atoms with Gasteiger partial charge >= 0.3 is 17.5 Å². The third kappa shape index (κ3) is 5.52. The molecule has 0 unspecified atom stereocenters. The Bertz CT molecular complexity index is 1040. The van der Waals surface area contributed by atoms with Crippen molar-refractivity contribution in [3.63, 3.8) is 0 Å². The molecule has 0 aliphatic carbocycles. The van der Waals surface area contributed by atoms with Crippen LogP contribution in [0.5, 0.6) is 11.6 Å². The number of carbonyl (C=O) groups excluding carboxylic acids is 1. The highest BCUT2D eigenvalue weighted by Gasteiger charge is 2.28. The van der Waals surface area contributed by atoms with E-state index < -0.39 is 39.6 Å². The Morgan fingerprint density at radius 2 is 2.00 bits per heavy atom. The summed E-state index contributed by atoms with van der Waals surface area (Å²) in [5.41, 5.74) is -1.21. The minimum atomic E-state index is -0.824. The molecule has 0 saturated carbocycles. The number of ether oxygens (including phenoxy) is 2. The van der Waals surface area contributed by atoms with Crippen molar-refractivity contribution in [1.29, 1.82) is 5.26 Å². The molecule has 1 aromatic heterocycles. The summed E-state index contributed by atoms with van der Waals surface area (Å²) in [6.45, 7) is 1.34. The van der Waals surface area contributed by atoms with Crippen LogP contribution in [0.3, 0.4) is 0 Å². The Morgan fingerprint density at radius 1 is 1.27 bits per heavy atom. The summed E-state index contributed by atoms with van der Waals surface area (Å²) in [5, 5.41) is 34.3. The average molecular weight is 434 g/mol. The zero-order valence-corrected chi connectivity index (χ0v) is 16.5. The van der Waals surface area contributed by atoms with E-state index in [-0.39, 0.29) is 28.9 Å². The maximum absolute atomic E-state index is 11.6. The smallest absolute Gasteiger partial charge is 0.373 e. The van der Waals surface area contributed by atoms with Gasteiger partial charge in [0.15, 0.2) is 5.16 Å². The number of hydrogen-bond acceptors (Lipinski definition) is 12. The van der Waals surface area contributed by atoms with E-state index in [1.165, 1.54) is 6.07 Å². The van der Waals surface area contributed by atoms with E-state index in [1.54, 1.807) is 19.2 Å². The maximum atomic E-state index is 11.6. The number of carbonyl (C=O) groups is 1. The molecule has 13 nitrogen and oxygen atoms in total. The number of anilines is 1. The van der Waals surface area contributed by atoms with Crippen LogP contribution in [0.15, 0.2) is 23.4 Å². The minimum Gasteiger partial charge on any atom is -0.465 e. The van der Waals surface area contributed by atoms with Crippen LogP contribution in [0.2, 0.25) is 0 Å². The number of nitriles is 1. The quantitative estimate of drug-likeness (QED) is 0.200. The van der Waals surface area contributed by atoms with Gasteiger partial charge in [0, 0.05) is 6.07 Å². The molecule has 2 rings (SSSR count). The molecule has 0 fully saturated rings. The van der Waals surface area contributed by atoms with Crippen LogP contribution >= 0.6 is 11.8 Å². The molecule has 1 heterocycles. The second-order valence-electron chi connectivity index (χ2n) is 5.31. The Kier molecular flexibility index (Phi) is 7.42. The van der Waals surface area contributed by atoms with Crippen LogP contribution in [0, 0.1) is 31.6 Å². The van der Waals surface area contributed by atoms with Gasteiger partial charge in [-0.25, -0.2) is 0 Å². The van der Waals surface area contributed by atoms with Crippen molar-refractivity contribution in [3.05, 3.63) is 44.0 Å². The highest BCUT2D eigenvalue weighted by molar-refractivity contribution is 7.98. The van der Waals surface area contributed by atoms with Gasteiger partial charge < -0.3 is 14.8 Å². The molecular weight excluding hydrogens is 420 g/mol. The van der Waals surface area contributed by atoms with Gasteiger partial charge in [-0.1, -0.05) is 11.8 Å². The lowest BCUT2D eigenvalue weighted by molar-refractivity contribution is -0.385. The van der Waals surface area contributed by atoms with Gasteiger partial charge in [-0.05, 0) is 19.2 Å². The molecule has 1 N–H and O–H groups in total. The summed E-state index contributed by atoms with van der Waals surface area (Å²) in [4.78, 5) is 40.6. The molecule has 0 amide bonds. The van der Waals surface area contributed by atoms with Crippen molar-refractivity contribution >= 4 is 34.9 Å². The normalized spacial score (nSPS) is 10.0. The zero-order valence-electron chi connectivity index (χ0n) is 15.6. The molecule has 0 aliphatic heterocycles. The lowest BCUT2D eigenvalue weighted by Crippen LogP contribution is -2.18. The first kappa shape index (κ1) is 22.3. The van der Waals surface area contributed by atoms with E-state index in [9.17, 15) is 25.0 Å². The molecule has 1 aromatic carbocycles. The molecule has 30 heavy (non-hydrogen) atoms. The summed E-state index contributed by atoms with van der Waals surface area (Å²) < 4.78 is 10.2. The highest BCUT2D eigenvalue weighted by Crippen LogP contribution is 2.37. The third-order valence-electron chi connectivity index (χ3n) is 3.35. The van der Waals surface area contributed by atoms with Gasteiger partial charge in [-0.3, -0.25) is 25.0 Å². The molecule has 0 aliphatic rings. The lowest BCUT2D eigenvalue weighted by atomic mass is 10.2. The Labute approximate surface area is 173 Å². The van der Waals surface area contributed by atoms with Crippen LogP contribution in [-0.2, 0) is 9.53 Å². The monoisotopic (exact) mass is 434 g/mol. The Balaban J connectivity index is 2.51. The number of nitro groups is 2. The minimum absolute atomic E-state index is 0.0768. The molecule has 2 aromatic rings. The van der Waals surface area contributed by atoms with Gasteiger partial charge in [0.1, 0.15) is 12.3 Å². The van der Waals surface area contributed by atoms with Crippen LogP contribution in [-0.4, -0.2) is 45.2 Å². The second-order valence-corrected chi connectivity index (χ2v) is 6.09. The Morgan fingerprint density at radius 3 is 2.57 bits per heavy atom. The van der Waals surface area contributed by atoms with Gasteiger partial charge in [0.2, 0.25) is 5.82 Å². The predicted octanol–water partition coefficient (Wildman–Crippen LogP) is 2.65. The first-order chi connectivity index (χ1) is 14.3. The van der Waals surface area contributed by atoms with Crippen LogP contribution in [0.1, 0.15) is 12.5 Å². The molecule has 0 radical (unpaired) electrons. The lowest BCUT2D eigenvalue weighted by Gasteiger charge is -2.11. The van der Waals surface area contributed by atoms with Gasteiger partial charge in [-0.15, -0.1) is 0 Å². The van der Waals surface area contributed by atoms with Crippen LogP contribution in [0.4, 0.5) is 17.2 Å². The standard InChI is InChI=1S/C16H14N6O7S/c1-3-28-12(23)8-18-14-13(22(26)27)15(20-16(19-14)30-2)29-11-5-9(7-17)4-10(6-11)21(24)25/h4-6H,3,8H2,1-2H3,(H,18,19,20). The summed E-state index contributed by atoms with van der Waals surface area (Å²) in [7, 11) is 0. The number of aromatic nitrogens is 2. The fourth-order valence-electron chi connectivity index (χ4n) is 2.16. The molecule has 156 valence electrons. The van der Waals surface area contributed by atoms with E-state index in [1.807, 2.05) is 0 Å². The van der Waals surface area contributed by atoms with E-state index in [0.29, 0.717) is 0 Å². The van der Waals surface area contributed by atoms with Crippen molar-refractivity contribution < 1.29 is 24.1 Å². The van der Waals surface area contributed by atoms with Crippen LogP contribution < -0.4 is 10.1 Å². The van der Waals surface area contributed by atoms with Crippen molar-refractivity contribution in [2.45, 2.75) is 12.1 Å². The fraction of sp³-hybridized carbons (Fsp3) is 0.250. The molecule has 14 heteroatoms. The number of hydrogen-bond donors (Lipinski definition) is 1. The average Bonchev–Trinajstić information content (AvgIpc) is 2.71. The molecule has 0 atom stereocenters. The zero-order chi connectivity index (χ0) is 22.3. The van der Waals surface area contributed by atoms with Crippen molar-refractivity contribution in [2.75, 3.05) is 24.7 Å². The second kappa shape index (κ2) is 9.98. The SMILES string of the molecule is CCOC(=O)CNc1nc(SC)nc(Oc2cc(C#N)cc([N+](=O)[O-])c2)c1[N+](=O)[O-]. The summed E-state index contributed by atoms with van der Waals surface area (Å²) >= 11 is 1.05. The summed E-state index contributed by atoms with van der Waals surface area (Å²) in [5.74, 6) is -1.68. The summed E-state index contributed by atoms with van der Waals surface area (Å²) in [6.07, 6.45) is 1.61. The Hall–Kier alpha value is -3.99. The maximum Gasteiger partial charge on any atom is 0.373 e. The van der Waals surface area contributed by atoms with Crippen molar-refractivity contribution in [3.8, 4) is 17.7 Å². The molecule has 0 spiro atoms. The molecule has 0 saturated heterocycles. The number of non-ortho nitro benzene ring substituents is 1. The topological polar surface area (TPSA) is 183 Å². The number of esters is 1. The third-order valence-corrected chi connectivity index (χ3v) is 3.90.